The van der Waals surface area contributed by atoms with Gasteiger partial charge in [-0.3, -0.25) is 14.4 Å². The normalized spacial score (nSPS) is 11.5. The Morgan fingerprint density at radius 2 is 1.64 bits per heavy atom. The number of carbonyl (C=O) groups is 3. The maximum atomic E-state index is 13.0. The van der Waals surface area contributed by atoms with E-state index in [1.165, 1.54) is 9.80 Å². The molecular weight excluding hydrogens is 418 g/mol. The number of nitrogens with one attached hydrogen (secondary N) is 1. The van der Waals surface area contributed by atoms with Crippen LogP contribution in [0.4, 0.5) is 0 Å². The minimum Gasteiger partial charge on any atom is -0.354 e. The fourth-order valence-electron chi connectivity index (χ4n) is 3.45. The number of hydrogen-bond acceptors (Lipinski definition) is 5. The standard InChI is InChI=1S/C25H35N5O3/c1-29(25(33)21-12-8-11-20(15-21)17-27)18-23(31)30(2)22(16-19-9-4-3-5-10-19)24(32)28-14-7-6-13-26/h3-5,8-12,15,22H,6-7,13-14,16-18,26-27H2,1-2H3,(H,28,32). The van der Waals surface area contributed by atoms with Crippen molar-refractivity contribution >= 4 is 17.7 Å². The van der Waals surface area contributed by atoms with Crippen LogP contribution in [0.1, 0.15) is 34.3 Å². The number of likely N-dealkylation sites (N-methyl/N-ethyl adjacent to an activating group) is 2. The Morgan fingerprint density at radius 1 is 0.939 bits per heavy atom. The van der Waals surface area contributed by atoms with E-state index in [4.69, 9.17) is 11.5 Å². The van der Waals surface area contributed by atoms with Gasteiger partial charge in [0.1, 0.15) is 6.04 Å². The molecule has 2 aromatic rings. The molecule has 0 heterocycles. The second-order valence-electron chi connectivity index (χ2n) is 8.06. The summed E-state index contributed by atoms with van der Waals surface area (Å²) in [6.45, 7) is 1.25. The zero-order valence-corrected chi connectivity index (χ0v) is 19.5. The molecule has 33 heavy (non-hydrogen) atoms. The molecule has 0 fully saturated rings. The SMILES string of the molecule is CN(CC(=O)N(C)C(Cc1ccccc1)C(=O)NCCCCN)C(=O)c1cccc(CN)c1. The first-order valence-corrected chi connectivity index (χ1v) is 11.2. The van der Waals surface area contributed by atoms with E-state index in [1.54, 1.807) is 32.3 Å². The monoisotopic (exact) mass is 453 g/mol. The number of carbonyl (C=O) groups excluding carboxylic acids is 3. The van der Waals surface area contributed by atoms with Crippen molar-refractivity contribution in [1.29, 1.82) is 0 Å². The fraction of sp³-hybridized carbons (Fsp3) is 0.400. The molecule has 0 saturated heterocycles. The van der Waals surface area contributed by atoms with Gasteiger partial charge in [0, 0.05) is 39.2 Å². The van der Waals surface area contributed by atoms with Gasteiger partial charge in [0.15, 0.2) is 0 Å². The molecule has 178 valence electrons. The van der Waals surface area contributed by atoms with E-state index in [9.17, 15) is 14.4 Å². The van der Waals surface area contributed by atoms with Crippen molar-refractivity contribution in [3.63, 3.8) is 0 Å². The zero-order valence-electron chi connectivity index (χ0n) is 19.5. The molecule has 2 aromatic carbocycles. The van der Waals surface area contributed by atoms with E-state index >= 15 is 0 Å². The van der Waals surface area contributed by atoms with Crippen molar-refractivity contribution in [3.8, 4) is 0 Å². The van der Waals surface area contributed by atoms with Crippen molar-refractivity contribution in [2.45, 2.75) is 31.8 Å². The van der Waals surface area contributed by atoms with Gasteiger partial charge in [-0.15, -0.1) is 0 Å². The number of benzene rings is 2. The minimum atomic E-state index is -0.693. The Morgan fingerprint density at radius 3 is 2.30 bits per heavy atom. The predicted molar refractivity (Wildman–Crippen MR) is 129 cm³/mol. The predicted octanol–water partition coefficient (Wildman–Crippen LogP) is 1.14. The van der Waals surface area contributed by atoms with Gasteiger partial charge < -0.3 is 26.6 Å². The number of hydrogen-bond donors (Lipinski definition) is 3. The van der Waals surface area contributed by atoms with Gasteiger partial charge in [0.25, 0.3) is 5.91 Å². The van der Waals surface area contributed by atoms with Crippen LogP contribution in [0.15, 0.2) is 54.6 Å². The van der Waals surface area contributed by atoms with Crippen LogP contribution in [0, 0.1) is 0 Å². The number of nitrogens with zero attached hydrogens (tertiary/aromatic N) is 2. The van der Waals surface area contributed by atoms with Crippen molar-refractivity contribution in [3.05, 3.63) is 71.3 Å². The van der Waals surface area contributed by atoms with Crippen LogP contribution < -0.4 is 16.8 Å². The van der Waals surface area contributed by atoms with Crippen LogP contribution in [-0.2, 0) is 22.6 Å². The molecule has 8 heteroatoms. The molecule has 2 rings (SSSR count). The highest BCUT2D eigenvalue weighted by atomic mass is 16.2. The highest BCUT2D eigenvalue weighted by Gasteiger charge is 2.28. The Bertz CT molecular complexity index is 919. The third-order valence-corrected chi connectivity index (χ3v) is 5.49. The molecule has 1 atom stereocenters. The molecule has 0 saturated carbocycles. The molecule has 0 bridgehead atoms. The van der Waals surface area contributed by atoms with Crippen molar-refractivity contribution in [2.75, 3.05) is 33.7 Å². The molecule has 0 aliphatic rings. The summed E-state index contributed by atoms with van der Waals surface area (Å²) in [5.74, 6) is -0.826. The number of nitrogens with two attached hydrogens (primary N) is 2. The first-order chi connectivity index (χ1) is 15.9. The zero-order chi connectivity index (χ0) is 24.2. The van der Waals surface area contributed by atoms with Crippen molar-refractivity contribution in [1.82, 2.24) is 15.1 Å². The summed E-state index contributed by atoms with van der Waals surface area (Å²) < 4.78 is 0. The maximum Gasteiger partial charge on any atom is 0.254 e. The third kappa shape index (κ3) is 8.00. The quantitative estimate of drug-likeness (QED) is 0.416. The fourth-order valence-corrected chi connectivity index (χ4v) is 3.45. The Labute approximate surface area is 195 Å². The lowest BCUT2D eigenvalue weighted by atomic mass is 10.0. The third-order valence-electron chi connectivity index (χ3n) is 5.49. The van der Waals surface area contributed by atoms with Crippen LogP contribution in [0.5, 0.6) is 0 Å². The van der Waals surface area contributed by atoms with Gasteiger partial charge >= 0.3 is 0 Å². The van der Waals surface area contributed by atoms with E-state index in [0.29, 0.717) is 31.6 Å². The summed E-state index contributed by atoms with van der Waals surface area (Å²) in [4.78, 5) is 41.5. The lowest BCUT2D eigenvalue weighted by molar-refractivity contribution is -0.139. The van der Waals surface area contributed by atoms with Gasteiger partial charge in [0.2, 0.25) is 11.8 Å². The molecule has 8 nitrogen and oxygen atoms in total. The second kappa shape index (κ2) is 13.3. The van der Waals surface area contributed by atoms with Crippen LogP contribution in [0.25, 0.3) is 0 Å². The maximum absolute atomic E-state index is 13.0. The van der Waals surface area contributed by atoms with Gasteiger partial charge in [0.05, 0.1) is 6.54 Å². The van der Waals surface area contributed by atoms with Crippen molar-refractivity contribution < 1.29 is 14.4 Å². The van der Waals surface area contributed by atoms with E-state index in [0.717, 1.165) is 24.0 Å². The van der Waals surface area contributed by atoms with Gasteiger partial charge in [-0.2, -0.15) is 0 Å². The average molecular weight is 454 g/mol. The Hall–Kier alpha value is -3.23. The number of rotatable bonds is 12. The summed E-state index contributed by atoms with van der Waals surface area (Å²) in [6.07, 6.45) is 1.97. The second-order valence-corrected chi connectivity index (χ2v) is 8.06. The van der Waals surface area contributed by atoms with Crippen LogP contribution in [0.3, 0.4) is 0 Å². The summed E-state index contributed by atoms with van der Waals surface area (Å²) in [5.41, 5.74) is 13.4. The molecule has 0 aliphatic heterocycles. The Balaban J connectivity index is 2.09. The van der Waals surface area contributed by atoms with Crippen LogP contribution in [-0.4, -0.2) is 67.3 Å². The number of unbranched alkanes of at least 4 members (excludes halogenated alkanes) is 1. The summed E-state index contributed by atoms with van der Waals surface area (Å²) in [5, 5.41) is 2.91. The molecule has 3 amide bonds. The van der Waals surface area contributed by atoms with E-state index in [1.807, 2.05) is 36.4 Å². The first kappa shape index (κ1) is 26.0. The van der Waals surface area contributed by atoms with Gasteiger partial charge in [-0.05, 0) is 42.6 Å². The molecular formula is C25H35N5O3. The summed E-state index contributed by atoms with van der Waals surface area (Å²) >= 11 is 0. The summed E-state index contributed by atoms with van der Waals surface area (Å²) in [6, 6.07) is 15.9. The summed E-state index contributed by atoms with van der Waals surface area (Å²) in [7, 11) is 3.17. The lowest BCUT2D eigenvalue weighted by Gasteiger charge is -2.29. The highest BCUT2D eigenvalue weighted by Crippen LogP contribution is 2.11. The van der Waals surface area contributed by atoms with E-state index < -0.39 is 6.04 Å². The Kier molecular flexibility index (Phi) is 10.5. The highest BCUT2D eigenvalue weighted by molar-refractivity contribution is 5.97. The molecule has 0 aliphatic carbocycles. The molecule has 5 N–H and O–H groups in total. The molecule has 0 radical (unpaired) electrons. The van der Waals surface area contributed by atoms with Crippen LogP contribution >= 0.6 is 0 Å². The number of amides is 3. The molecule has 1 unspecified atom stereocenters. The lowest BCUT2D eigenvalue weighted by Crippen LogP contribution is -2.51. The molecule has 0 spiro atoms. The van der Waals surface area contributed by atoms with Crippen molar-refractivity contribution in [2.24, 2.45) is 11.5 Å². The van der Waals surface area contributed by atoms with Crippen LogP contribution in [0.2, 0.25) is 0 Å². The van der Waals surface area contributed by atoms with E-state index in [-0.39, 0.29) is 24.3 Å². The van der Waals surface area contributed by atoms with Gasteiger partial charge in [-0.25, -0.2) is 0 Å². The van der Waals surface area contributed by atoms with E-state index in [2.05, 4.69) is 5.32 Å². The van der Waals surface area contributed by atoms with Gasteiger partial charge in [-0.1, -0.05) is 42.5 Å². The largest absolute Gasteiger partial charge is 0.354 e. The minimum absolute atomic E-state index is 0.145. The average Bonchev–Trinajstić information content (AvgIpc) is 2.84. The molecule has 0 aromatic heterocycles. The first-order valence-electron chi connectivity index (χ1n) is 11.2. The topological polar surface area (TPSA) is 122 Å². The smallest absolute Gasteiger partial charge is 0.254 e.